The number of anilines is 1. The third-order valence-corrected chi connectivity index (χ3v) is 3.98. The highest BCUT2D eigenvalue weighted by Crippen LogP contribution is 2.28. The SMILES string of the molecule is COC(=O)/C=C(/Nc1ccc2sc(C(=O)O)cc2c1)C(=O)OC. The summed E-state index contributed by atoms with van der Waals surface area (Å²) in [6.45, 7) is 0. The number of hydrogen-bond donors (Lipinski definition) is 2. The van der Waals surface area contributed by atoms with Gasteiger partial charge in [-0.2, -0.15) is 0 Å². The minimum Gasteiger partial charge on any atom is -0.477 e. The molecule has 0 fully saturated rings. The molecule has 1 heterocycles. The number of carbonyl (C=O) groups excluding carboxylic acids is 2. The average Bonchev–Trinajstić information content (AvgIpc) is 2.96. The summed E-state index contributed by atoms with van der Waals surface area (Å²) in [6, 6.07) is 6.60. The Morgan fingerprint density at radius 1 is 1.17 bits per heavy atom. The van der Waals surface area contributed by atoms with Crippen LogP contribution in [0.25, 0.3) is 10.1 Å². The summed E-state index contributed by atoms with van der Waals surface area (Å²) in [5.41, 5.74) is 0.417. The summed E-state index contributed by atoms with van der Waals surface area (Å²) in [6.07, 6.45) is 0.978. The number of thiophene rings is 1. The molecule has 120 valence electrons. The van der Waals surface area contributed by atoms with Gasteiger partial charge in [0, 0.05) is 10.4 Å². The van der Waals surface area contributed by atoms with Crippen molar-refractivity contribution in [2.75, 3.05) is 19.5 Å². The maximum absolute atomic E-state index is 11.7. The summed E-state index contributed by atoms with van der Waals surface area (Å²) < 4.78 is 9.88. The molecule has 0 aliphatic heterocycles. The Morgan fingerprint density at radius 2 is 1.91 bits per heavy atom. The molecule has 2 aromatic rings. The van der Waals surface area contributed by atoms with Gasteiger partial charge in [-0.05, 0) is 29.7 Å². The third-order valence-electron chi connectivity index (χ3n) is 2.87. The molecule has 0 spiro atoms. The largest absolute Gasteiger partial charge is 0.477 e. The van der Waals surface area contributed by atoms with Gasteiger partial charge in [0.1, 0.15) is 10.6 Å². The molecule has 0 bridgehead atoms. The van der Waals surface area contributed by atoms with Crippen LogP contribution in [0.3, 0.4) is 0 Å². The molecule has 1 aromatic heterocycles. The van der Waals surface area contributed by atoms with Crippen molar-refractivity contribution in [2.45, 2.75) is 0 Å². The number of methoxy groups -OCH3 is 2. The first-order chi connectivity index (χ1) is 10.9. The van der Waals surface area contributed by atoms with Gasteiger partial charge < -0.3 is 19.9 Å². The number of ether oxygens (including phenoxy) is 2. The van der Waals surface area contributed by atoms with Crippen LogP contribution >= 0.6 is 11.3 Å². The Labute approximate surface area is 135 Å². The summed E-state index contributed by atoms with van der Waals surface area (Å²) >= 11 is 1.15. The second-order valence-corrected chi connectivity index (χ2v) is 5.45. The average molecular weight is 335 g/mol. The molecular formula is C15H13NO6S. The minimum atomic E-state index is -0.999. The number of carboxylic acids is 1. The lowest BCUT2D eigenvalue weighted by Crippen LogP contribution is -2.15. The zero-order chi connectivity index (χ0) is 17.0. The van der Waals surface area contributed by atoms with E-state index in [0.29, 0.717) is 11.1 Å². The molecule has 0 saturated carbocycles. The number of esters is 2. The Bertz CT molecular complexity index is 807. The van der Waals surface area contributed by atoms with E-state index >= 15 is 0 Å². The van der Waals surface area contributed by atoms with E-state index in [-0.39, 0.29) is 10.6 Å². The molecule has 0 aliphatic carbocycles. The number of fused-ring (bicyclic) bond motifs is 1. The van der Waals surface area contributed by atoms with Crippen LogP contribution in [0.4, 0.5) is 5.69 Å². The molecule has 1 aromatic carbocycles. The zero-order valence-corrected chi connectivity index (χ0v) is 13.1. The number of rotatable bonds is 5. The lowest BCUT2D eigenvalue weighted by Gasteiger charge is -2.09. The predicted octanol–water partition coefficient (Wildman–Crippen LogP) is 2.24. The predicted molar refractivity (Wildman–Crippen MR) is 84.5 cm³/mol. The number of hydrogen-bond acceptors (Lipinski definition) is 7. The molecule has 2 N–H and O–H groups in total. The number of carboxylic acid groups (broad SMARTS) is 1. The van der Waals surface area contributed by atoms with Crippen molar-refractivity contribution < 1.29 is 29.0 Å². The van der Waals surface area contributed by atoms with Gasteiger partial charge in [0.2, 0.25) is 0 Å². The molecule has 0 saturated heterocycles. The van der Waals surface area contributed by atoms with Crippen LogP contribution in [0.15, 0.2) is 36.0 Å². The van der Waals surface area contributed by atoms with Gasteiger partial charge in [-0.15, -0.1) is 11.3 Å². The van der Waals surface area contributed by atoms with Gasteiger partial charge in [-0.3, -0.25) is 0 Å². The van der Waals surface area contributed by atoms with Crippen molar-refractivity contribution in [2.24, 2.45) is 0 Å². The maximum Gasteiger partial charge on any atom is 0.354 e. The molecule has 7 nitrogen and oxygen atoms in total. The first-order valence-electron chi connectivity index (χ1n) is 6.36. The van der Waals surface area contributed by atoms with Gasteiger partial charge in [0.25, 0.3) is 0 Å². The molecule has 23 heavy (non-hydrogen) atoms. The maximum atomic E-state index is 11.7. The third kappa shape index (κ3) is 3.86. The Balaban J connectivity index is 2.34. The summed E-state index contributed by atoms with van der Waals surface area (Å²) in [5.74, 6) is -2.43. The molecule has 8 heteroatoms. The van der Waals surface area contributed by atoms with Crippen molar-refractivity contribution in [1.82, 2.24) is 0 Å². The second-order valence-electron chi connectivity index (χ2n) is 4.37. The van der Waals surface area contributed by atoms with Crippen molar-refractivity contribution in [1.29, 1.82) is 0 Å². The molecule has 0 unspecified atom stereocenters. The fourth-order valence-corrected chi connectivity index (χ4v) is 2.70. The monoisotopic (exact) mass is 335 g/mol. The van der Waals surface area contributed by atoms with Crippen LogP contribution in [-0.4, -0.2) is 37.2 Å². The van der Waals surface area contributed by atoms with E-state index in [4.69, 9.17) is 5.11 Å². The van der Waals surface area contributed by atoms with E-state index in [0.717, 1.165) is 22.1 Å². The van der Waals surface area contributed by atoms with Gasteiger partial charge >= 0.3 is 17.9 Å². The Kier molecular flexibility index (Phi) is 4.97. The van der Waals surface area contributed by atoms with Crippen molar-refractivity contribution in [3.05, 3.63) is 40.9 Å². The first-order valence-corrected chi connectivity index (χ1v) is 7.18. The van der Waals surface area contributed by atoms with Crippen LogP contribution in [0.5, 0.6) is 0 Å². The molecule has 0 aliphatic rings. The van der Waals surface area contributed by atoms with E-state index in [1.807, 2.05) is 0 Å². The standard InChI is InChI=1S/C15H13NO6S/c1-21-13(17)7-10(15(20)22-2)16-9-3-4-11-8(5-9)6-12(23-11)14(18)19/h3-7,16H,1-2H3,(H,18,19)/b10-7+. The Hall–Kier alpha value is -2.87. The van der Waals surface area contributed by atoms with Crippen LogP contribution in [0, 0.1) is 0 Å². The van der Waals surface area contributed by atoms with E-state index in [9.17, 15) is 14.4 Å². The zero-order valence-electron chi connectivity index (χ0n) is 12.3. The van der Waals surface area contributed by atoms with Gasteiger partial charge in [0.05, 0.1) is 20.3 Å². The highest BCUT2D eigenvalue weighted by molar-refractivity contribution is 7.20. The number of carbonyl (C=O) groups is 3. The number of benzene rings is 1. The minimum absolute atomic E-state index is 0.0904. The summed E-state index contributed by atoms with van der Waals surface area (Å²) in [7, 11) is 2.38. The molecule has 2 rings (SSSR count). The topological polar surface area (TPSA) is 102 Å². The summed E-state index contributed by atoms with van der Waals surface area (Å²) in [5, 5.41) is 12.5. The number of aromatic carboxylic acids is 1. The normalized spacial score (nSPS) is 11.1. The lowest BCUT2D eigenvalue weighted by molar-refractivity contribution is -0.138. The fourth-order valence-electron chi connectivity index (χ4n) is 1.81. The molecule has 0 amide bonds. The van der Waals surface area contributed by atoms with E-state index < -0.39 is 17.9 Å². The molecule has 0 atom stereocenters. The Morgan fingerprint density at radius 3 is 2.52 bits per heavy atom. The van der Waals surface area contributed by atoms with Gasteiger partial charge in [-0.25, -0.2) is 14.4 Å². The summed E-state index contributed by atoms with van der Waals surface area (Å²) in [4.78, 5) is 34.2. The highest BCUT2D eigenvalue weighted by Gasteiger charge is 2.14. The molecular weight excluding hydrogens is 322 g/mol. The smallest absolute Gasteiger partial charge is 0.354 e. The van der Waals surface area contributed by atoms with Gasteiger partial charge in [-0.1, -0.05) is 0 Å². The molecule has 0 radical (unpaired) electrons. The van der Waals surface area contributed by atoms with Crippen molar-refractivity contribution >= 4 is 45.0 Å². The lowest BCUT2D eigenvalue weighted by atomic mass is 10.2. The highest BCUT2D eigenvalue weighted by atomic mass is 32.1. The first kappa shape index (κ1) is 16.5. The second kappa shape index (κ2) is 6.93. The van der Waals surface area contributed by atoms with Crippen LogP contribution in [-0.2, 0) is 19.1 Å². The van der Waals surface area contributed by atoms with Crippen LogP contribution in [0.1, 0.15) is 9.67 Å². The van der Waals surface area contributed by atoms with Gasteiger partial charge in [0.15, 0.2) is 0 Å². The fraction of sp³-hybridized carbons (Fsp3) is 0.133. The van der Waals surface area contributed by atoms with E-state index in [1.165, 1.54) is 20.3 Å². The van der Waals surface area contributed by atoms with Crippen molar-refractivity contribution in [3.63, 3.8) is 0 Å². The van der Waals surface area contributed by atoms with Crippen molar-refractivity contribution in [3.8, 4) is 0 Å². The quantitative estimate of drug-likeness (QED) is 0.638. The van der Waals surface area contributed by atoms with E-state index in [1.54, 1.807) is 18.2 Å². The van der Waals surface area contributed by atoms with E-state index in [2.05, 4.69) is 14.8 Å². The van der Waals surface area contributed by atoms with Crippen LogP contribution < -0.4 is 5.32 Å². The van der Waals surface area contributed by atoms with Crippen LogP contribution in [0.2, 0.25) is 0 Å². The number of nitrogens with one attached hydrogen (secondary N) is 1.